The second kappa shape index (κ2) is 9.61. The third kappa shape index (κ3) is 4.53. The van der Waals surface area contributed by atoms with E-state index in [4.69, 9.17) is 4.74 Å². The van der Waals surface area contributed by atoms with Gasteiger partial charge in [0.2, 0.25) is 5.91 Å². The van der Waals surface area contributed by atoms with E-state index < -0.39 is 11.7 Å². The number of methoxy groups -OCH3 is 1. The molecule has 0 aromatic heterocycles. The first-order chi connectivity index (χ1) is 15.4. The van der Waals surface area contributed by atoms with Crippen LogP contribution >= 0.6 is 0 Å². The Hall–Kier alpha value is -2.41. The molecule has 1 amide bonds. The van der Waals surface area contributed by atoms with Crippen LogP contribution in [-0.4, -0.2) is 54.3 Å². The maximum atomic E-state index is 12.2. The lowest BCUT2D eigenvalue weighted by molar-refractivity contribution is -0.118. The van der Waals surface area contributed by atoms with Crippen LogP contribution in [-0.2, 0) is 16.8 Å². The first kappa shape index (κ1) is 22.8. The molecular formula is C26H34N2O4. The van der Waals surface area contributed by atoms with E-state index in [-0.39, 0.29) is 5.91 Å². The minimum absolute atomic E-state index is 0.148. The number of fused-ring (bicyclic) bond motifs is 1. The summed E-state index contributed by atoms with van der Waals surface area (Å²) in [6.45, 7) is 4.59. The Morgan fingerprint density at radius 2 is 1.91 bits per heavy atom. The first-order valence-corrected chi connectivity index (χ1v) is 11.6. The number of aliphatic hydroxyl groups excluding tert-OH is 1. The van der Waals surface area contributed by atoms with Crippen molar-refractivity contribution in [3.8, 4) is 5.75 Å². The Morgan fingerprint density at radius 3 is 2.62 bits per heavy atom. The van der Waals surface area contributed by atoms with Gasteiger partial charge in [0.1, 0.15) is 5.75 Å². The van der Waals surface area contributed by atoms with E-state index >= 15 is 0 Å². The van der Waals surface area contributed by atoms with Gasteiger partial charge in [-0.05, 0) is 48.9 Å². The Balaban J connectivity index is 1.40. The van der Waals surface area contributed by atoms with Crippen LogP contribution in [0.25, 0.3) is 0 Å². The Labute approximate surface area is 190 Å². The molecule has 2 heterocycles. The molecule has 4 rings (SSSR count). The van der Waals surface area contributed by atoms with Crippen molar-refractivity contribution >= 4 is 11.6 Å². The van der Waals surface area contributed by atoms with Crippen molar-refractivity contribution in [3.63, 3.8) is 0 Å². The van der Waals surface area contributed by atoms with E-state index in [2.05, 4.69) is 11.0 Å². The number of hydrogen-bond acceptors (Lipinski definition) is 5. The summed E-state index contributed by atoms with van der Waals surface area (Å²) in [7, 11) is 1.63. The van der Waals surface area contributed by atoms with Crippen molar-refractivity contribution in [3.05, 3.63) is 59.2 Å². The zero-order valence-electron chi connectivity index (χ0n) is 19.1. The summed E-state index contributed by atoms with van der Waals surface area (Å²) < 4.78 is 5.45. The van der Waals surface area contributed by atoms with Gasteiger partial charge < -0.3 is 24.7 Å². The number of ether oxygens (including phenoxy) is 1. The van der Waals surface area contributed by atoms with E-state index in [0.29, 0.717) is 44.6 Å². The summed E-state index contributed by atoms with van der Waals surface area (Å²) >= 11 is 0. The smallest absolute Gasteiger partial charge is 0.226 e. The van der Waals surface area contributed by atoms with Gasteiger partial charge in [0.15, 0.2) is 0 Å². The average Bonchev–Trinajstić information content (AvgIpc) is 2.84. The number of aryl methyl sites for hydroxylation is 1. The number of hydrogen-bond donors (Lipinski definition) is 2. The maximum absolute atomic E-state index is 12.2. The standard InChI is InChI=1S/C26H34N2O4/c1-3-25(30)28-14-6-7-19-17-20(10-11-22(19)28)23(29)18-27-15-12-26(31,13-16-27)21-8-4-5-9-24(21)32-2/h4-5,8-11,17,23,29,31H,3,6-7,12-16,18H2,1-2H3/t23-/m0/s1. The van der Waals surface area contributed by atoms with Crippen molar-refractivity contribution in [1.82, 2.24) is 4.90 Å². The molecule has 6 nitrogen and oxygen atoms in total. The van der Waals surface area contributed by atoms with E-state index in [1.807, 2.05) is 48.2 Å². The minimum atomic E-state index is -0.908. The highest BCUT2D eigenvalue weighted by molar-refractivity contribution is 5.94. The van der Waals surface area contributed by atoms with Crippen molar-refractivity contribution in [2.24, 2.45) is 0 Å². The number of likely N-dealkylation sites (tertiary alicyclic amines) is 1. The van der Waals surface area contributed by atoms with Crippen LogP contribution in [0.1, 0.15) is 55.4 Å². The van der Waals surface area contributed by atoms with Crippen LogP contribution < -0.4 is 9.64 Å². The highest BCUT2D eigenvalue weighted by Gasteiger charge is 2.36. The zero-order chi connectivity index (χ0) is 22.7. The summed E-state index contributed by atoms with van der Waals surface area (Å²) in [6.07, 6.45) is 2.97. The SMILES string of the molecule is CCC(=O)N1CCCc2cc([C@@H](O)CN3CCC(O)(c4ccccc4OC)CC3)ccc21. The predicted molar refractivity (Wildman–Crippen MR) is 125 cm³/mol. The second-order valence-corrected chi connectivity index (χ2v) is 8.94. The van der Waals surface area contributed by atoms with Crippen LogP contribution in [0.5, 0.6) is 5.75 Å². The third-order valence-electron chi connectivity index (χ3n) is 6.93. The van der Waals surface area contributed by atoms with E-state index in [1.165, 1.54) is 0 Å². The summed E-state index contributed by atoms with van der Waals surface area (Å²) in [4.78, 5) is 16.3. The predicted octanol–water partition coefficient (Wildman–Crippen LogP) is 3.40. The molecule has 172 valence electrons. The molecule has 6 heteroatoms. The quantitative estimate of drug-likeness (QED) is 0.723. The molecule has 2 N–H and O–H groups in total. The highest BCUT2D eigenvalue weighted by Crippen LogP contribution is 2.38. The van der Waals surface area contributed by atoms with Gasteiger partial charge in [-0.1, -0.05) is 37.3 Å². The number of aliphatic hydroxyl groups is 2. The van der Waals surface area contributed by atoms with Crippen LogP contribution in [0.15, 0.2) is 42.5 Å². The minimum Gasteiger partial charge on any atom is -0.496 e. The van der Waals surface area contributed by atoms with Crippen LogP contribution in [0.4, 0.5) is 5.69 Å². The topological polar surface area (TPSA) is 73.2 Å². The molecule has 1 saturated heterocycles. The van der Waals surface area contributed by atoms with E-state index in [0.717, 1.165) is 41.8 Å². The van der Waals surface area contributed by atoms with Gasteiger partial charge in [0, 0.05) is 43.9 Å². The normalized spacial score (nSPS) is 19.3. The lowest BCUT2D eigenvalue weighted by Crippen LogP contribution is -2.44. The van der Waals surface area contributed by atoms with Gasteiger partial charge in [0.25, 0.3) is 0 Å². The fourth-order valence-electron chi connectivity index (χ4n) is 5.03. The number of carbonyl (C=O) groups is 1. The largest absolute Gasteiger partial charge is 0.496 e. The number of rotatable bonds is 6. The van der Waals surface area contributed by atoms with Gasteiger partial charge in [-0.3, -0.25) is 4.79 Å². The molecule has 0 radical (unpaired) electrons. The van der Waals surface area contributed by atoms with Crippen LogP contribution in [0.2, 0.25) is 0 Å². The monoisotopic (exact) mass is 438 g/mol. The average molecular weight is 439 g/mol. The van der Waals surface area contributed by atoms with E-state index in [9.17, 15) is 15.0 Å². The molecule has 1 fully saturated rings. The van der Waals surface area contributed by atoms with Gasteiger partial charge in [-0.2, -0.15) is 0 Å². The molecule has 2 aliphatic heterocycles. The number of carbonyl (C=O) groups excluding carboxylic acids is 1. The molecular weight excluding hydrogens is 404 g/mol. The number of benzene rings is 2. The molecule has 0 bridgehead atoms. The van der Waals surface area contributed by atoms with Crippen molar-refractivity contribution in [1.29, 1.82) is 0 Å². The summed E-state index contributed by atoms with van der Waals surface area (Å²) in [5.74, 6) is 0.864. The Kier molecular flexibility index (Phi) is 6.84. The molecule has 0 aliphatic carbocycles. The highest BCUT2D eigenvalue weighted by atomic mass is 16.5. The molecule has 2 aromatic carbocycles. The summed E-state index contributed by atoms with van der Waals surface area (Å²) in [5, 5.41) is 22.2. The third-order valence-corrected chi connectivity index (χ3v) is 6.93. The lowest BCUT2D eigenvalue weighted by Gasteiger charge is -2.39. The number of piperidine rings is 1. The lowest BCUT2D eigenvalue weighted by atomic mass is 9.83. The summed E-state index contributed by atoms with van der Waals surface area (Å²) in [5.41, 5.74) is 2.94. The number of nitrogens with zero attached hydrogens (tertiary/aromatic N) is 2. The fraction of sp³-hybridized carbons (Fsp3) is 0.500. The molecule has 32 heavy (non-hydrogen) atoms. The molecule has 1 atom stereocenters. The Morgan fingerprint density at radius 1 is 1.16 bits per heavy atom. The molecule has 2 aliphatic rings. The first-order valence-electron chi connectivity index (χ1n) is 11.6. The number of para-hydroxylation sites is 1. The fourth-order valence-corrected chi connectivity index (χ4v) is 5.03. The van der Waals surface area contributed by atoms with Crippen LogP contribution in [0.3, 0.4) is 0 Å². The van der Waals surface area contributed by atoms with Gasteiger partial charge in [-0.25, -0.2) is 0 Å². The molecule has 0 saturated carbocycles. The zero-order valence-corrected chi connectivity index (χ0v) is 19.1. The molecule has 2 aromatic rings. The van der Waals surface area contributed by atoms with E-state index in [1.54, 1.807) is 7.11 Å². The van der Waals surface area contributed by atoms with Gasteiger partial charge in [0.05, 0.1) is 18.8 Å². The van der Waals surface area contributed by atoms with Crippen molar-refractivity contribution < 1.29 is 19.7 Å². The van der Waals surface area contributed by atoms with Gasteiger partial charge in [-0.15, -0.1) is 0 Å². The maximum Gasteiger partial charge on any atom is 0.226 e. The Bertz CT molecular complexity index is 953. The molecule has 0 unspecified atom stereocenters. The second-order valence-electron chi connectivity index (χ2n) is 8.94. The molecule has 0 spiro atoms. The van der Waals surface area contributed by atoms with Crippen molar-refractivity contribution in [2.75, 3.05) is 38.2 Å². The number of amides is 1. The van der Waals surface area contributed by atoms with Gasteiger partial charge >= 0.3 is 0 Å². The number of β-amino-alcohol motifs (C(OH)–C–C–N with tert-alkyl or cyclic N) is 1. The number of anilines is 1. The summed E-state index contributed by atoms with van der Waals surface area (Å²) in [6, 6.07) is 13.6. The van der Waals surface area contributed by atoms with Crippen LogP contribution in [0, 0.1) is 0 Å². The van der Waals surface area contributed by atoms with Crippen molar-refractivity contribution in [2.45, 2.75) is 50.7 Å².